The van der Waals surface area contributed by atoms with Gasteiger partial charge in [-0.25, -0.2) is 0 Å². The van der Waals surface area contributed by atoms with Crippen LogP contribution in [0.25, 0.3) is 0 Å². The van der Waals surface area contributed by atoms with E-state index < -0.39 is 32.8 Å². The molecule has 0 amide bonds. The fourth-order valence-electron chi connectivity index (χ4n) is 2.16. The van der Waals surface area contributed by atoms with Crippen LogP contribution in [-0.2, 0) is 15.1 Å². The van der Waals surface area contributed by atoms with Crippen molar-refractivity contribution >= 4 is 22.0 Å². The quantitative estimate of drug-likeness (QED) is 0.534. The van der Waals surface area contributed by atoms with E-state index in [1.54, 1.807) is 0 Å². The van der Waals surface area contributed by atoms with Crippen molar-refractivity contribution < 1.29 is 27.4 Å². The molecule has 0 spiro atoms. The minimum absolute atomic E-state index is 0.0401. The number of rotatable bonds is 5. The molecule has 120 valence electrons. The molecule has 0 aliphatic carbocycles. The maximum Gasteiger partial charge on any atom is 0.385 e. The molecule has 0 saturated carbocycles. The molecule has 9 nitrogen and oxygen atoms in total. The Labute approximate surface area is 126 Å². The number of carboxylic acids is 1. The van der Waals surface area contributed by atoms with Gasteiger partial charge in [0.05, 0.1) is 4.92 Å². The predicted octanol–water partition coefficient (Wildman–Crippen LogP) is -0.320. The van der Waals surface area contributed by atoms with Crippen LogP contribution >= 0.6 is 0 Å². The first-order valence-electron chi connectivity index (χ1n) is 6.45. The molecule has 10 heteroatoms. The van der Waals surface area contributed by atoms with Crippen molar-refractivity contribution in [3.05, 3.63) is 34.4 Å². The van der Waals surface area contributed by atoms with Crippen molar-refractivity contribution in [2.75, 3.05) is 13.1 Å². The molecule has 1 fully saturated rings. The number of para-hydroxylation sites is 2. The third-order valence-electron chi connectivity index (χ3n) is 3.36. The summed E-state index contributed by atoms with van der Waals surface area (Å²) in [5.41, 5.74) is -0.462. The molecule has 0 N–H and O–H groups in total. The topological polar surface area (TPSA) is 130 Å². The molecule has 1 aromatic carbocycles. The molecule has 0 radical (unpaired) electrons. The smallest absolute Gasteiger partial charge is 0.385 e. The first kappa shape index (κ1) is 16.2. The van der Waals surface area contributed by atoms with Crippen molar-refractivity contribution in [3.63, 3.8) is 0 Å². The largest absolute Gasteiger partial charge is 0.550 e. The molecule has 0 unspecified atom stereocenters. The van der Waals surface area contributed by atoms with Crippen LogP contribution in [0.1, 0.15) is 12.8 Å². The molecular formula is C12H13N2O7S-. The minimum Gasteiger partial charge on any atom is -0.550 e. The van der Waals surface area contributed by atoms with Crippen LogP contribution < -0.4 is 9.29 Å². The summed E-state index contributed by atoms with van der Waals surface area (Å²) in [6, 6.07) is 5.12. The van der Waals surface area contributed by atoms with E-state index >= 15 is 0 Å². The van der Waals surface area contributed by atoms with E-state index in [1.165, 1.54) is 18.2 Å². The van der Waals surface area contributed by atoms with E-state index in [0.717, 1.165) is 10.4 Å². The summed E-state index contributed by atoms with van der Waals surface area (Å²) in [5, 5.41) is 21.6. The van der Waals surface area contributed by atoms with Crippen molar-refractivity contribution in [2.45, 2.75) is 12.8 Å². The molecule has 1 heterocycles. The Hall–Kier alpha value is -2.20. The average molecular weight is 329 g/mol. The van der Waals surface area contributed by atoms with Gasteiger partial charge in [0.2, 0.25) is 5.75 Å². The predicted molar refractivity (Wildman–Crippen MR) is 71.9 cm³/mol. The molecular weight excluding hydrogens is 316 g/mol. The highest BCUT2D eigenvalue weighted by atomic mass is 32.2. The molecule has 2 rings (SSSR count). The molecule has 0 bridgehead atoms. The number of hydrogen-bond acceptors (Lipinski definition) is 7. The van der Waals surface area contributed by atoms with Crippen LogP contribution in [0.5, 0.6) is 5.75 Å². The van der Waals surface area contributed by atoms with Gasteiger partial charge < -0.3 is 14.1 Å². The number of carbonyl (C=O) groups is 1. The maximum absolute atomic E-state index is 12.1. The Bertz CT molecular complexity index is 680. The van der Waals surface area contributed by atoms with E-state index in [2.05, 4.69) is 0 Å². The van der Waals surface area contributed by atoms with Gasteiger partial charge in [0, 0.05) is 31.0 Å². The van der Waals surface area contributed by atoms with E-state index in [-0.39, 0.29) is 31.7 Å². The number of nitro groups is 1. The average Bonchev–Trinajstić information content (AvgIpc) is 2.47. The lowest BCUT2D eigenvalue weighted by molar-refractivity contribution is -0.385. The highest BCUT2D eigenvalue weighted by Gasteiger charge is 2.31. The summed E-state index contributed by atoms with van der Waals surface area (Å²) in [6.45, 7) is -0.0801. The Balaban J connectivity index is 2.13. The standard InChI is InChI=1S/C12H14N2O7S/c15-12(16)9-5-7-13(8-6-9)22(19,20)21-11-4-2-1-3-10(11)14(17)18/h1-4,9H,5-8H2,(H,15,16)/p-1. The third-order valence-corrected chi connectivity index (χ3v) is 4.75. The second-order valence-corrected chi connectivity index (χ2v) is 6.30. The van der Waals surface area contributed by atoms with Crippen molar-refractivity contribution in [1.29, 1.82) is 0 Å². The summed E-state index contributed by atoms with van der Waals surface area (Å²) in [6.07, 6.45) is 0.226. The second kappa shape index (κ2) is 6.28. The van der Waals surface area contributed by atoms with Gasteiger partial charge in [0.25, 0.3) is 0 Å². The minimum atomic E-state index is -4.23. The SMILES string of the molecule is O=C([O-])C1CCN(S(=O)(=O)Oc2ccccc2[N+](=O)[O-])CC1. The normalized spacial score (nSPS) is 17.1. The van der Waals surface area contributed by atoms with Crippen molar-refractivity contribution in [2.24, 2.45) is 5.92 Å². The molecule has 0 aromatic heterocycles. The summed E-state index contributed by atoms with van der Waals surface area (Å²) in [4.78, 5) is 20.8. The monoisotopic (exact) mass is 329 g/mol. The number of nitrogens with zero attached hydrogens (tertiary/aromatic N) is 2. The third kappa shape index (κ3) is 3.52. The van der Waals surface area contributed by atoms with Crippen LogP contribution in [0.15, 0.2) is 24.3 Å². The lowest BCUT2D eigenvalue weighted by Gasteiger charge is -2.30. The molecule has 22 heavy (non-hydrogen) atoms. The number of carboxylic acid groups (broad SMARTS) is 1. The van der Waals surface area contributed by atoms with Gasteiger partial charge in [-0.15, -0.1) is 0 Å². The molecule has 1 aliphatic heterocycles. The summed E-state index contributed by atoms with van der Waals surface area (Å²) in [5.74, 6) is -2.29. The lowest BCUT2D eigenvalue weighted by Crippen LogP contribution is -2.44. The number of carbonyl (C=O) groups excluding carboxylic acids is 1. The zero-order chi connectivity index (χ0) is 16.3. The van der Waals surface area contributed by atoms with Gasteiger partial charge in [-0.3, -0.25) is 10.1 Å². The van der Waals surface area contributed by atoms with Crippen LogP contribution in [0.4, 0.5) is 5.69 Å². The van der Waals surface area contributed by atoms with Gasteiger partial charge in [-0.2, -0.15) is 12.7 Å². The summed E-state index contributed by atoms with van der Waals surface area (Å²) >= 11 is 0. The molecule has 1 saturated heterocycles. The van der Waals surface area contributed by atoms with Crippen LogP contribution in [0.3, 0.4) is 0 Å². The molecule has 0 atom stereocenters. The first-order valence-corrected chi connectivity index (χ1v) is 7.81. The number of aliphatic carboxylic acids is 1. The van der Waals surface area contributed by atoms with E-state index in [4.69, 9.17) is 4.18 Å². The van der Waals surface area contributed by atoms with Crippen LogP contribution in [0.2, 0.25) is 0 Å². The van der Waals surface area contributed by atoms with Crippen LogP contribution in [-0.4, -0.2) is 36.7 Å². The van der Waals surface area contributed by atoms with Gasteiger partial charge >= 0.3 is 16.0 Å². The van der Waals surface area contributed by atoms with Crippen molar-refractivity contribution in [3.8, 4) is 5.75 Å². The number of nitro benzene ring substituents is 1. The second-order valence-electron chi connectivity index (χ2n) is 4.76. The molecule has 1 aliphatic rings. The Kier molecular flexibility index (Phi) is 4.62. The zero-order valence-corrected chi connectivity index (χ0v) is 12.2. The van der Waals surface area contributed by atoms with E-state index in [1.807, 2.05) is 0 Å². The van der Waals surface area contributed by atoms with Gasteiger partial charge in [0.15, 0.2) is 0 Å². The Morgan fingerprint density at radius 3 is 2.41 bits per heavy atom. The number of piperidine rings is 1. The first-order chi connectivity index (χ1) is 10.3. The number of benzene rings is 1. The number of hydrogen-bond donors (Lipinski definition) is 0. The van der Waals surface area contributed by atoms with Crippen molar-refractivity contribution in [1.82, 2.24) is 4.31 Å². The fourth-order valence-corrected chi connectivity index (χ4v) is 3.29. The summed E-state index contributed by atoms with van der Waals surface area (Å²) < 4.78 is 30.0. The van der Waals surface area contributed by atoms with Crippen LogP contribution in [0, 0.1) is 16.0 Å². The van der Waals surface area contributed by atoms with E-state index in [9.17, 15) is 28.4 Å². The molecule has 1 aromatic rings. The van der Waals surface area contributed by atoms with Gasteiger partial charge in [-0.1, -0.05) is 12.1 Å². The highest BCUT2D eigenvalue weighted by Crippen LogP contribution is 2.29. The Morgan fingerprint density at radius 1 is 1.27 bits per heavy atom. The Morgan fingerprint density at radius 2 is 1.86 bits per heavy atom. The fraction of sp³-hybridized carbons (Fsp3) is 0.417. The van der Waals surface area contributed by atoms with E-state index in [0.29, 0.717) is 0 Å². The highest BCUT2D eigenvalue weighted by molar-refractivity contribution is 7.84. The lowest BCUT2D eigenvalue weighted by atomic mass is 9.99. The van der Waals surface area contributed by atoms with Gasteiger partial charge in [-0.05, 0) is 18.9 Å². The summed E-state index contributed by atoms with van der Waals surface area (Å²) in [7, 11) is -4.23. The zero-order valence-electron chi connectivity index (χ0n) is 11.4. The maximum atomic E-state index is 12.1. The van der Waals surface area contributed by atoms with Gasteiger partial charge in [0.1, 0.15) is 0 Å².